The maximum atomic E-state index is 11.5. The van der Waals surface area contributed by atoms with Gasteiger partial charge in [0.15, 0.2) is 6.29 Å². The summed E-state index contributed by atoms with van der Waals surface area (Å²) in [6.07, 6.45) is 2.35. The minimum absolute atomic E-state index is 0.362. The first kappa shape index (κ1) is 12.6. The van der Waals surface area contributed by atoms with Crippen LogP contribution in [0, 0.1) is 0 Å². The Kier molecular flexibility index (Phi) is 3.08. The van der Waals surface area contributed by atoms with E-state index in [4.69, 9.17) is 0 Å². The molecule has 20 heavy (non-hydrogen) atoms. The summed E-state index contributed by atoms with van der Waals surface area (Å²) in [6, 6.07) is 8.83. The number of nitrogens with zero attached hydrogens (tertiary/aromatic N) is 1. The molecule has 0 bridgehead atoms. The van der Waals surface area contributed by atoms with Gasteiger partial charge in [0, 0.05) is 5.39 Å². The number of imide groups is 1. The lowest BCUT2D eigenvalue weighted by Crippen LogP contribution is -2.17. The van der Waals surface area contributed by atoms with Crippen LogP contribution < -0.4 is 5.32 Å². The fraction of sp³-hybridized carbons (Fsp3) is 0. The largest absolute Gasteiger partial charge is 0.296 e. The molecule has 1 aromatic heterocycles. The number of carbonyl (C=O) groups excluding carboxylic acids is 3. The molecule has 1 aliphatic heterocycles. The molecule has 2 amide bonds. The van der Waals surface area contributed by atoms with E-state index < -0.39 is 0 Å². The highest BCUT2D eigenvalue weighted by Crippen LogP contribution is 2.26. The molecule has 5 nitrogen and oxygen atoms in total. The molecule has 0 saturated carbocycles. The maximum Gasteiger partial charge on any atom is 0.290 e. The maximum absolute atomic E-state index is 11.5. The zero-order valence-corrected chi connectivity index (χ0v) is 10.9. The number of benzene rings is 1. The summed E-state index contributed by atoms with van der Waals surface area (Å²) in [5.74, 6) is -0.380. The Bertz CT molecular complexity index is 783. The second-order valence-corrected chi connectivity index (χ2v) is 5.17. The minimum Gasteiger partial charge on any atom is -0.296 e. The van der Waals surface area contributed by atoms with Crippen molar-refractivity contribution in [2.24, 2.45) is 0 Å². The number of rotatable bonds is 2. The number of aromatic nitrogens is 1. The first-order valence-corrected chi connectivity index (χ1v) is 6.58. The van der Waals surface area contributed by atoms with E-state index in [9.17, 15) is 14.4 Å². The van der Waals surface area contributed by atoms with E-state index in [1.807, 2.05) is 6.07 Å². The zero-order chi connectivity index (χ0) is 14.1. The second-order valence-electron chi connectivity index (χ2n) is 4.16. The lowest BCUT2D eigenvalue weighted by Gasteiger charge is -2.00. The molecule has 1 fully saturated rings. The fourth-order valence-corrected chi connectivity index (χ4v) is 2.57. The van der Waals surface area contributed by atoms with Crippen LogP contribution in [0.1, 0.15) is 16.1 Å². The smallest absolute Gasteiger partial charge is 0.290 e. The van der Waals surface area contributed by atoms with E-state index in [1.54, 1.807) is 30.3 Å². The van der Waals surface area contributed by atoms with Crippen LogP contribution in [0.25, 0.3) is 17.0 Å². The SMILES string of the molecule is O=Cc1ccc2cc(/C=C3/SC(=O)NC3=O)ccc2n1. The van der Waals surface area contributed by atoms with Gasteiger partial charge < -0.3 is 0 Å². The molecule has 0 aliphatic carbocycles. The van der Waals surface area contributed by atoms with Gasteiger partial charge in [0.2, 0.25) is 0 Å². The Morgan fingerprint density at radius 1 is 1.15 bits per heavy atom. The number of thioether (sulfide) groups is 1. The van der Waals surface area contributed by atoms with E-state index in [1.165, 1.54) is 0 Å². The van der Waals surface area contributed by atoms with Gasteiger partial charge >= 0.3 is 0 Å². The molecule has 0 unspecified atom stereocenters. The van der Waals surface area contributed by atoms with Crippen molar-refractivity contribution in [3.63, 3.8) is 0 Å². The van der Waals surface area contributed by atoms with Crippen molar-refractivity contribution >= 4 is 46.2 Å². The lowest BCUT2D eigenvalue weighted by molar-refractivity contribution is -0.115. The molecule has 6 heteroatoms. The molecule has 1 aliphatic rings. The highest BCUT2D eigenvalue weighted by atomic mass is 32.2. The highest BCUT2D eigenvalue weighted by molar-refractivity contribution is 8.18. The van der Waals surface area contributed by atoms with E-state index in [0.717, 1.165) is 22.7 Å². The van der Waals surface area contributed by atoms with Gasteiger partial charge in [0.05, 0.1) is 10.4 Å². The second kappa shape index (κ2) is 4.90. The summed E-state index contributed by atoms with van der Waals surface area (Å²) in [4.78, 5) is 37.7. The average Bonchev–Trinajstić information content (AvgIpc) is 2.76. The van der Waals surface area contributed by atoms with Crippen LogP contribution >= 0.6 is 11.8 Å². The monoisotopic (exact) mass is 284 g/mol. The molecule has 0 atom stereocenters. The lowest BCUT2D eigenvalue weighted by atomic mass is 10.1. The number of nitrogens with one attached hydrogen (secondary N) is 1. The first-order chi connectivity index (χ1) is 9.65. The minimum atomic E-state index is -0.380. The predicted octanol–water partition coefficient (Wildman–Crippen LogP) is 2.37. The average molecular weight is 284 g/mol. The topological polar surface area (TPSA) is 76.1 Å². The third kappa shape index (κ3) is 2.33. The number of fused-ring (bicyclic) bond motifs is 1. The van der Waals surface area contributed by atoms with Crippen molar-refractivity contribution in [2.45, 2.75) is 0 Å². The summed E-state index contributed by atoms with van der Waals surface area (Å²) in [7, 11) is 0. The van der Waals surface area contributed by atoms with Crippen LogP contribution in [0.3, 0.4) is 0 Å². The van der Waals surface area contributed by atoms with Crippen LogP contribution in [0.2, 0.25) is 0 Å². The summed E-state index contributed by atoms with van der Waals surface area (Å²) < 4.78 is 0. The van der Waals surface area contributed by atoms with Crippen molar-refractivity contribution in [3.8, 4) is 0 Å². The van der Waals surface area contributed by atoms with Gasteiger partial charge in [-0.05, 0) is 41.6 Å². The van der Waals surface area contributed by atoms with Crippen LogP contribution in [0.4, 0.5) is 4.79 Å². The molecule has 98 valence electrons. The summed E-state index contributed by atoms with van der Waals surface area (Å²) in [5.41, 5.74) is 1.88. The standard InChI is InChI=1S/C14H8N2O3S/c17-7-10-3-2-9-5-8(1-4-11(9)15-10)6-12-13(18)16-14(19)20-12/h1-7H,(H,16,18,19)/b12-6+. The molecule has 1 saturated heterocycles. The summed E-state index contributed by atoms with van der Waals surface area (Å²) >= 11 is 0.880. The van der Waals surface area contributed by atoms with Crippen LogP contribution in [0.15, 0.2) is 35.2 Å². The van der Waals surface area contributed by atoms with Crippen LogP contribution in [0.5, 0.6) is 0 Å². The number of hydrogen-bond acceptors (Lipinski definition) is 5. The summed E-state index contributed by atoms with van der Waals surface area (Å²) in [5, 5.41) is 2.70. The van der Waals surface area contributed by atoms with Gasteiger partial charge in [0.1, 0.15) is 5.69 Å². The Balaban J connectivity index is 2.01. The van der Waals surface area contributed by atoms with Crippen LogP contribution in [-0.4, -0.2) is 22.4 Å². The first-order valence-electron chi connectivity index (χ1n) is 5.76. The number of pyridine rings is 1. The van der Waals surface area contributed by atoms with Gasteiger partial charge in [-0.15, -0.1) is 0 Å². The number of carbonyl (C=O) groups is 3. The number of hydrogen-bond donors (Lipinski definition) is 1. The predicted molar refractivity (Wildman–Crippen MR) is 76.2 cm³/mol. The molecule has 1 aromatic carbocycles. The van der Waals surface area contributed by atoms with E-state index in [-0.39, 0.29) is 11.1 Å². The third-order valence-corrected chi connectivity index (χ3v) is 3.61. The molecule has 0 radical (unpaired) electrons. The van der Waals surface area contributed by atoms with Crippen molar-refractivity contribution in [1.82, 2.24) is 10.3 Å². The summed E-state index contributed by atoms with van der Waals surface area (Å²) in [6.45, 7) is 0. The molecule has 1 N–H and O–H groups in total. The van der Waals surface area contributed by atoms with Gasteiger partial charge in [-0.1, -0.05) is 12.1 Å². The van der Waals surface area contributed by atoms with Crippen molar-refractivity contribution < 1.29 is 14.4 Å². The van der Waals surface area contributed by atoms with Gasteiger partial charge in [-0.2, -0.15) is 0 Å². The molecule has 2 aromatic rings. The Labute approximate surface area is 118 Å². The zero-order valence-electron chi connectivity index (χ0n) is 10.1. The fourth-order valence-electron chi connectivity index (χ4n) is 1.89. The van der Waals surface area contributed by atoms with Crippen molar-refractivity contribution in [2.75, 3.05) is 0 Å². The molecule has 2 heterocycles. The van der Waals surface area contributed by atoms with Crippen molar-refractivity contribution in [3.05, 3.63) is 46.5 Å². The quantitative estimate of drug-likeness (QED) is 0.676. The van der Waals surface area contributed by atoms with Gasteiger partial charge in [0.25, 0.3) is 11.1 Å². The molecular formula is C14H8N2O3S. The van der Waals surface area contributed by atoms with Crippen molar-refractivity contribution in [1.29, 1.82) is 0 Å². The van der Waals surface area contributed by atoms with E-state index >= 15 is 0 Å². The molecule has 3 rings (SSSR count). The van der Waals surface area contributed by atoms with E-state index in [0.29, 0.717) is 22.4 Å². The van der Waals surface area contributed by atoms with Crippen LogP contribution in [-0.2, 0) is 4.79 Å². The Hall–Kier alpha value is -2.47. The van der Waals surface area contributed by atoms with Gasteiger partial charge in [-0.25, -0.2) is 4.98 Å². The normalized spacial score (nSPS) is 16.7. The van der Waals surface area contributed by atoms with Gasteiger partial charge in [-0.3, -0.25) is 19.7 Å². The highest BCUT2D eigenvalue weighted by Gasteiger charge is 2.24. The third-order valence-electron chi connectivity index (χ3n) is 2.80. The Morgan fingerprint density at radius 2 is 2.00 bits per heavy atom. The molecular weight excluding hydrogens is 276 g/mol. The van der Waals surface area contributed by atoms with E-state index in [2.05, 4.69) is 10.3 Å². The Morgan fingerprint density at radius 3 is 2.70 bits per heavy atom. The molecule has 0 spiro atoms. The number of amides is 2. The number of aldehydes is 1.